The van der Waals surface area contributed by atoms with Gasteiger partial charge in [0.05, 0.1) is 0 Å². The lowest BCUT2D eigenvalue weighted by Crippen LogP contribution is -2.31. The molecule has 1 aliphatic carbocycles. The fourth-order valence-electron chi connectivity index (χ4n) is 1.69. The molecule has 0 bridgehead atoms. The van der Waals surface area contributed by atoms with Gasteiger partial charge in [-0.05, 0) is 45.4 Å². The van der Waals surface area contributed by atoms with Crippen LogP contribution in [0, 0.1) is 5.92 Å². The van der Waals surface area contributed by atoms with E-state index in [1.54, 1.807) is 5.57 Å². The van der Waals surface area contributed by atoms with Crippen LogP contribution in [-0.2, 0) is 0 Å². The maximum absolute atomic E-state index is 3.65. The van der Waals surface area contributed by atoms with E-state index >= 15 is 0 Å². The first-order valence-electron chi connectivity index (χ1n) is 5.56. The van der Waals surface area contributed by atoms with E-state index < -0.39 is 0 Å². The maximum Gasteiger partial charge on any atom is 0.0252 e. The summed E-state index contributed by atoms with van der Waals surface area (Å²) in [5.74, 6) is 0.724. The molecule has 0 aromatic rings. The van der Waals surface area contributed by atoms with Crippen LogP contribution in [0.1, 0.15) is 53.4 Å². The van der Waals surface area contributed by atoms with E-state index in [-0.39, 0.29) is 0 Å². The number of allylic oxidation sites excluding steroid dienone is 2. The summed E-state index contributed by atoms with van der Waals surface area (Å²) in [5.41, 5.74) is 3.10. The summed E-state index contributed by atoms with van der Waals surface area (Å²) in [6.45, 7) is 9.10. The van der Waals surface area contributed by atoms with Gasteiger partial charge in [0.2, 0.25) is 0 Å². The first-order valence-corrected chi connectivity index (χ1v) is 5.56. The molecule has 1 nitrogen and oxygen atoms in total. The predicted molar refractivity (Wildman–Crippen MR) is 58.6 cm³/mol. The van der Waals surface area contributed by atoms with Gasteiger partial charge < -0.3 is 5.32 Å². The second kappa shape index (κ2) is 4.69. The van der Waals surface area contributed by atoms with Crippen LogP contribution >= 0.6 is 0 Å². The van der Waals surface area contributed by atoms with Crippen molar-refractivity contribution in [1.29, 1.82) is 0 Å². The van der Waals surface area contributed by atoms with Crippen molar-refractivity contribution >= 4 is 0 Å². The Kier molecular flexibility index (Phi) is 3.83. The van der Waals surface area contributed by atoms with Crippen molar-refractivity contribution in [1.82, 2.24) is 5.32 Å². The number of nitrogens with one attached hydrogen (secondary N) is 1. The Morgan fingerprint density at radius 1 is 1.08 bits per heavy atom. The van der Waals surface area contributed by atoms with E-state index in [1.807, 2.05) is 0 Å². The molecule has 0 spiro atoms. The zero-order valence-electron chi connectivity index (χ0n) is 9.48. The highest BCUT2D eigenvalue weighted by atomic mass is 14.9. The highest BCUT2D eigenvalue weighted by molar-refractivity contribution is 5.13. The molecule has 0 saturated carbocycles. The van der Waals surface area contributed by atoms with E-state index in [4.69, 9.17) is 0 Å². The van der Waals surface area contributed by atoms with Crippen LogP contribution < -0.4 is 5.32 Å². The summed E-state index contributed by atoms with van der Waals surface area (Å²) >= 11 is 0. The SMILES string of the molecule is CC1=C(NC(C)C(C)C)CCCC1. The third-order valence-electron chi connectivity index (χ3n) is 3.15. The zero-order valence-corrected chi connectivity index (χ0v) is 9.48. The van der Waals surface area contributed by atoms with Crippen molar-refractivity contribution in [3.63, 3.8) is 0 Å². The highest BCUT2D eigenvalue weighted by Gasteiger charge is 2.12. The molecule has 1 unspecified atom stereocenters. The molecule has 1 atom stereocenters. The van der Waals surface area contributed by atoms with Crippen molar-refractivity contribution in [3.8, 4) is 0 Å². The zero-order chi connectivity index (χ0) is 9.84. The lowest BCUT2D eigenvalue weighted by Gasteiger charge is -2.25. The number of hydrogen-bond acceptors (Lipinski definition) is 1. The minimum absolute atomic E-state index is 0.614. The second-order valence-corrected chi connectivity index (χ2v) is 4.64. The van der Waals surface area contributed by atoms with Crippen LogP contribution in [0.25, 0.3) is 0 Å². The average Bonchev–Trinajstić information content (AvgIpc) is 2.08. The highest BCUT2D eigenvalue weighted by Crippen LogP contribution is 2.23. The average molecular weight is 181 g/mol. The largest absolute Gasteiger partial charge is 0.386 e. The molecule has 76 valence electrons. The van der Waals surface area contributed by atoms with Crippen LogP contribution in [-0.4, -0.2) is 6.04 Å². The van der Waals surface area contributed by atoms with Crippen LogP contribution in [0.4, 0.5) is 0 Å². The molecule has 13 heavy (non-hydrogen) atoms. The Morgan fingerprint density at radius 3 is 2.23 bits per heavy atom. The van der Waals surface area contributed by atoms with Crippen LogP contribution in [0.2, 0.25) is 0 Å². The topological polar surface area (TPSA) is 12.0 Å². The molecule has 0 aromatic carbocycles. The monoisotopic (exact) mass is 181 g/mol. The molecule has 0 heterocycles. The molecule has 0 aromatic heterocycles. The van der Waals surface area contributed by atoms with Crippen molar-refractivity contribution in [2.75, 3.05) is 0 Å². The lowest BCUT2D eigenvalue weighted by molar-refractivity contribution is 0.443. The Morgan fingerprint density at radius 2 is 1.69 bits per heavy atom. The van der Waals surface area contributed by atoms with Gasteiger partial charge in [-0.25, -0.2) is 0 Å². The molecular formula is C12H23N. The fourth-order valence-corrected chi connectivity index (χ4v) is 1.69. The molecule has 1 heteroatoms. The summed E-state index contributed by atoms with van der Waals surface area (Å²) in [6.07, 6.45) is 5.31. The molecule has 0 aliphatic heterocycles. The van der Waals surface area contributed by atoms with E-state index in [1.165, 1.54) is 31.4 Å². The van der Waals surface area contributed by atoms with Gasteiger partial charge in [-0.1, -0.05) is 19.4 Å². The fraction of sp³-hybridized carbons (Fsp3) is 0.833. The Bertz CT molecular complexity index is 191. The Labute approximate surface area is 82.6 Å². The van der Waals surface area contributed by atoms with E-state index in [9.17, 15) is 0 Å². The van der Waals surface area contributed by atoms with Crippen molar-refractivity contribution in [3.05, 3.63) is 11.3 Å². The van der Waals surface area contributed by atoms with Gasteiger partial charge in [0.1, 0.15) is 0 Å². The van der Waals surface area contributed by atoms with E-state index in [0.717, 1.165) is 5.92 Å². The summed E-state index contributed by atoms with van der Waals surface area (Å²) in [5, 5.41) is 3.65. The minimum atomic E-state index is 0.614. The molecule has 0 fully saturated rings. The van der Waals surface area contributed by atoms with Gasteiger partial charge >= 0.3 is 0 Å². The van der Waals surface area contributed by atoms with Gasteiger partial charge in [-0.2, -0.15) is 0 Å². The molecule has 0 amide bonds. The van der Waals surface area contributed by atoms with E-state index in [2.05, 4.69) is 33.0 Å². The summed E-state index contributed by atoms with van der Waals surface area (Å²) in [4.78, 5) is 0. The van der Waals surface area contributed by atoms with Gasteiger partial charge in [0, 0.05) is 11.7 Å². The normalized spacial score (nSPS) is 20.7. The molecule has 1 aliphatic rings. The van der Waals surface area contributed by atoms with Crippen molar-refractivity contribution in [2.24, 2.45) is 5.92 Å². The second-order valence-electron chi connectivity index (χ2n) is 4.64. The van der Waals surface area contributed by atoms with E-state index in [0.29, 0.717) is 6.04 Å². The van der Waals surface area contributed by atoms with Crippen molar-refractivity contribution in [2.45, 2.75) is 59.4 Å². The molecular weight excluding hydrogens is 158 g/mol. The number of rotatable bonds is 3. The van der Waals surface area contributed by atoms with Gasteiger partial charge in [-0.3, -0.25) is 0 Å². The lowest BCUT2D eigenvalue weighted by atomic mass is 9.96. The smallest absolute Gasteiger partial charge is 0.0252 e. The third-order valence-corrected chi connectivity index (χ3v) is 3.15. The minimum Gasteiger partial charge on any atom is -0.386 e. The van der Waals surface area contributed by atoms with Crippen LogP contribution in [0.3, 0.4) is 0 Å². The third kappa shape index (κ3) is 3.06. The van der Waals surface area contributed by atoms with Crippen LogP contribution in [0.15, 0.2) is 11.3 Å². The molecule has 1 N–H and O–H groups in total. The summed E-state index contributed by atoms with van der Waals surface area (Å²) in [6, 6.07) is 0.614. The first kappa shape index (κ1) is 10.6. The Balaban J connectivity index is 2.51. The molecule has 0 radical (unpaired) electrons. The maximum atomic E-state index is 3.65. The molecule has 1 rings (SSSR count). The van der Waals surface area contributed by atoms with Gasteiger partial charge in [0.25, 0.3) is 0 Å². The van der Waals surface area contributed by atoms with Gasteiger partial charge in [-0.15, -0.1) is 0 Å². The Hall–Kier alpha value is -0.460. The summed E-state index contributed by atoms with van der Waals surface area (Å²) < 4.78 is 0. The molecule has 0 saturated heterocycles. The summed E-state index contributed by atoms with van der Waals surface area (Å²) in [7, 11) is 0. The van der Waals surface area contributed by atoms with Crippen LogP contribution in [0.5, 0.6) is 0 Å². The van der Waals surface area contributed by atoms with Gasteiger partial charge in [0.15, 0.2) is 0 Å². The quantitative estimate of drug-likeness (QED) is 0.703. The number of hydrogen-bond donors (Lipinski definition) is 1. The first-order chi connectivity index (χ1) is 6.11. The van der Waals surface area contributed by atoms with Crippen molar-refractivity contribution < 1.29 is 0 Å². The standard InChI is InChI=1S/C12H23N/c1-9(2)11(4)13-12-8-6-5-7-10(12)3/h9,11,13H,5-8H2,1-4H3. The predicted octanol–water partition coefficient (Wildman–Crippen LogP) is 3.47.